The topological polar surface area (TPSA) is 34.1 Å². The summed E-state index contributed by atoms with van der Waals surface area (Å²) in [5, 5.41) is 3.56. The maximum Gasteiger partial charge on any atom is 0.118 e. The number of methoxy groups -OCH3 is 1. The van der Waals surface area contributed by atoms with Crippen LogP contribution in [0.5, 0.6) is 5.75 Å². The molecule has 2 rings (SSSR count). The minimum Gasteiger partial charge on any atom is -0.497 e. The van der Waals surface area contributed by atoms with E-state index in [0.29, 0.717) is 6.04 Å². The predicted octanol–water partition coefficient (Wildman–Crippen LogP) is 3.74. The predicted molar refractivity (Wildman–Crippen MR) is 84.6 cm³/mol. The zero-order valence-electron chi connectivity index (χ0n) is 12.3. The molecule has 0 radical (unpaired) electrons. The molecule has 4 heteroatoms. The molecule has 1 atom stereocenters. The molecule has 0 spiro atoms. The van der Waals surface area contributed by atoms with E-state index in [-0.39, 0.29) is 0 Å². The Balaban J connectivity index is 2.00. The standard InChI is InChI=1S/C16H22N2OS/c1-4-17-15(16-12(2)18-11-20-16)10-7-13-5-8-14(19-3)9-6-13/h5-6,8-9,11,15,17H,4,7,10H2,1-3H3. The number of thiazole rings is 1. The Kier molecular flexibility index (Phi) is 5.56. The fourth-order valence-electron chi connectivity index (χ4n) is 2.32. The van der Waals surface area contributed by atoms with Crippen LogP contribution >= 0.6 is 11.3 Å². The Morgan fingerprint density at radius 2 is 2.05 bits per heavy atom. The van der Waals surface area contributed by atoms with Crippen molar-refractivity contribution in [2.45, 2.75) is 32.7 Å². The summed E-state index contributed by atoms with van der Waals surface area (Å²) in [6.07, 6.45) is 2.14. The van der Waals surface area contributed by atoms with Gasteiger partial charge in [-0.25, -0.2) is 4.98 Å². The van der Waals surface area contributed by atoms with Gasteiger partial charge in [-0.2, -0.15) is 0 Å². The van der Waals surface area contributed by atoms with Crippen LogP contribution in [0.1, 0.15) is 35.5 Å². The van der Waals surface area contributed by atoms with Gasteiger partial charge in [0.15, 0.2) is 0 Å². The molecule has 0 aliphatic heterocycles. The van der Waals surface area contributed by atoms with Crippen LogP contribution in [0.4, 0.5) is 0 Å². The highest BCUT2D eigenvalue weighted by atomic mass is 32.1. The Morgan fingerprint density at radius 3 is 2.60 bits per heavy atom. The van der Waals surface area contributed by atoms with Crippen LogP contribution in [0.25, 0.3) is 0 Å². The number of hydrogen-bond acceptors (Lipinski definition) is 4. The molecule has 1 heterocycles. The molecule has 0 aliphatic carbocycles. The van der Waals surface area contributed by atoms with E-state index < -0.39 is 0 Å². The highest BCUT2D eigenvalue weighted by Gasteiger charge is 2.15. The average molecular weight is 290 g/mol. The van der Waals surface area contributed by atoms with Crippen molar-refractivity contribution >= 4 is 11.3 Å². The number of ether oxygens (including phenoxy) is 1. The molecule has 0 bridgehead atoms. The van der Waals surface area contributed by atoms with Crippen LogP contribution in [0.3, 0.4) is 0 Å². The summed E-state index contributed by atoms with van der Waals surface area (Å²) in [4.78, 5) is 5.72. The molecule has 20 heavy (non-hydrogen) atoms. The van der Waals surface area contributed by atoms with Gasteiger partial charge in [0, 0.05) is 10.9 Å². The number of nitrogens with one attached hydrogen (secondary N) is 1. The highest BCUT2D eigenvalue weighted by Crippen LogP contribution is 2.26. The Labute approximate surface area is 125 Å². The van der Waals surface area contributed by atoms with Crippen molar-refractivity contribution < 1.29 is 4.74 Å². The molecule has 2 aromatic rings. The van der Waals surface area contributed by atoms with Crippen molar-refractivity contribution in [1.29, 1.82) is 0 Å². The second-order valence-corrected chi connectivity index (χ2v) is 5.69. The van der Waals surface area contributed by atoms with Gasteiger partial charge in [0.25, 0.3) is 0 Å². The zero-order chi connectivity index (χ0) is 14.4. The number of nitrogens with zero attached hydrogens (tertiary/aromatic N) is 1. The van der Waals surface area contributed by atoms with E-state index in [9.17, 15) is 0 Å². The van der Waals surface area contributed by atoms with Gasteiger partial charge in [-0.15, -0.1) is 11.3 Å². The summed E-state index contributed by atoms with van der Waals surface area (Å²) in [5.74, 6) is 0.912. The first-order valence-corrected chi connectivity index (χ1v) is 7.88. The van der Waals surface area contributed by atoms with Gasteiger partial charge >= 0.3 is 0 Å². The van der Waals surface area contributed by atoms with Gasteiger partial charge in [0.05, 0.1) is 18.3 Å². The summed E-state index contributed by atoms with van der Waals surface area (Å²) in [6, 6.07) is 8.72. The lowest BCUT2D eigenvalue weighted by Crippen LogP contribution is -2.21. The van der Waals surface area contributed by atoms with Crippen molar-refractivity contribution in [1.82, 2.24) is 10.3 Å². The van der Waals surface area contributed by atoms with E-state index in [1.807, 2.05) is 17.6 Å². The molecule has 108 valence electrons. The second-order valence-electron chi connectivity index (χ2n) is 4.80. The molecule has 1 N–H and O–H groups in total. The van der Waals surface area contributed by atoms with Gasteiger partial charge in [0.2, 0.25) is 0 Å². The van der Waals surface area contributed by atoms with Crippen molar-refractivity contribution in [3.8, 4) is 5.75 Å². The molecule has 0 saturated heterocycles. The van der Waals surface area contributed by atoms with Gasteiger partial charge < -0.3 is 10.1 Å². The van der Waals surface area contributed by atoms with Gasteiger partial charge in [-0.1, -0.05) is 19.1 Å². The van der Waals surface area contributed by atoms with Crippen LogP contribution in [-0.2, 0) is 6.42 Å². The van der Waals surface area contributed by atoms with E-state index in [4.69, 9.17) is 4.74 Å². The average Bonchev–Trinajstić information content (AvgIpc) is 2.90. The molecule has 0 saturated carbocycles. The quantitative estimate of drug-likeness (QED) is 0.843. The van der Waals surface area contributed by atoms with Gasteiger partial charge in [-0.05, 0) is 44.0 Å². The Hall–Kier alpha value is -1.39. The van der Waals surface area contributed by atoms with Crippen molar-refractivity contribution in [3.05, 3.63) is 45.9 Å². The smallest absolute Gasteiger partial charge is 0.118 e. The van der Waals surface area contributed by atoms with Crippen molar-refractivity contribution in [2.24, 2.45) is 0 Å². The number of rotatable bonds is 7. The lowest BCUT2D eigenvalue weighted by atomic mass is 10.0. The molecule has 1 aromatic carbocycles. The Bertz CT molecular complexity index is 522. The van der Waals surface area contributed by atoms with Crippen molar-refractivity contribution in [3.63, 3.8) is 0 Å². The maximum atomic E-state index is 5.19. The molecular weight excluding hydrogens is 268 g/mol. The largest absolute Gasteiger partial charge is 0.497 e. The molecule has 1 unspecified atom stereocenters. The van der Waals surface area contributed by atoms with E-state index in [1.165, 1.54) is 10.4 Å². The van der Waals surface area contributed by atoms with E-state index in [2.05, 4.69) is 36.3 Å². The third-order valence-electron chi connectivity index (χ3n) is 3.43. The van der Waals surface area contributed by atoms with Crippen LogP contribution in [0, 0.1) is 6.92 Å². The summed E-state index contributed by atoms with van der Waals surface area (Å²) >= 11 is 1.75. The summed E-state index contributed by atoms with van der Waals surface area (Å²) < 4.78 is 5.19. The van der Waals surface area contributed by atoms with Gasteiger partial charge in [0.1, 0.15) is 5.75 Å². The molecular formula is C16H22N2OS. The number of aryl methyl sites for hydroxylation is 2. The Morgan fingerprint density at radius 1 is 1.30 bits per heavy atom. The number of benzene rings is 1. The van der Waals surface area contributed by atoms with Crippen LogP contribution in [0.15, 0.2) is 29.8 Å². The fourth-order valence-corrected chi connectivity index (χ4v) is 3.23. The second kappa shape index (κ2) is 7.41. The fraction of sp³-hybridized carbons (Fsp3) is 0.438. The van der Waals surface area contributed by atoms with Crippen LogP contribution < -0.4 is 10.1 Å². The monoisotopic (exact) mass is 290 g/mol. The summed E-state index contributed by atoms with van der Waals surface area (Å²) in [6.45, 7) is 5.21. The van der Waals surface area contributed by atoms with Crippen LogP contribution in [-0.4, -0.2) is 18.6 Å². The minimum absolute atomic E-state index is 0.398. The first-order valence-electron chi connectivity index (χ1n) is 7.01. The minimum atomic E-state index is 0.398. The molecule has 0 amide bonds. The molecule has 1 aromatic heterocycles. The number of hydrogen-bond donors (Lipinski definition) is 1. The van der Waals surface area contributed by atoms with Crippen LogP contribution in [0.2, 0.25) is 0 Å². The molecule has 0 aliphatic rings. The summed E-state index contributed by atoms with van der Waals surface area (Å²) in [5.41, 5.74) is 4.43. The number of aromatic nitrogens is 1. The van der Waals surface area contributed by atoms with E-state index in [0.717, 1.165) is 30.8 Å². The third-order valence-corrected chi connectivity index (χ3v) is 4.48. The van der Waals surface area contributed by atoms with Crippen molar-refractivity contribution in [2.75, 3.05) is 13.7 Å². The lowest BCUT2D eigenvalue weighted by Gasteiger charge is -2.17. The normalized spacial score (nSPS) is 12.3. The maximum absolute atomic E-state index is 5.19. The highest BCUT2D eigenvalue weighted by molar-refractivity contribution is 7.09. The van der Waals surface area contributed by atoms with E-state index >= 15 is 0 Å². The summed E-state index contributed by atoms with van der Waals surface area (Å²) in [7, 11) is 1.70. The lowest BCUT2D eigenvalue weighted by molar-refractivity contribution is 0.414. The molecule has 3 nitrogen and oxygen atoms in total. The SMILES string of the molecule is CCNC(CCc1ccc(OC)cc1)c1scnc1C. The van der Waals surface area contributed by atoms with E-state index in [1.54, 1.807) is 18.4 Å². The molecule has 0 fully saturated rings. The third kappa shape index (κ3) is 3.81. The van der Waals surface area contributed by atoms with Gasteiger partial charge in [-0.3, -0.25) is 0 Å². The first-order chi connectivity index (χ1) is 9.74. The first kappa shape index (κ1) is 15.0. The zero-order valence-corrected chi connectivity index (χ0v) is 13.2.